The highest BCUT2D eigenvalue weighted by Crippen LogP contribution is 2.26. The van der Waals surface area contributed by atoms with E-state index in [0.717, 1.165) is 0 Å². The summed E-state index contributed by atoms with van der Waals surface area (Å²) >= 11 is 0. The van der Waals surface area contributed by atoms with Crippen molar-refractivity contribution in [3.63, 3.8) is 0 Å². The van der Waals surface area contributed by atoms with Crippen LogP contribution in [-0.4, -0.2) is 44.6 Å². The molecule has 0 unspecified atom stereocenters. The van der Waals surface area contributed by atoms with Gasteiger partial charge in [0.2, 0.25) is 11.9 Å². The van der Waals surface area contributed by atoms with Gasteiger partial charge in [-0.3, -0.25) is 9.69 Å². The highest BCUT2D eigenvalue weighted by molar-refractivity contribution is 7.90. The molecule has 1 aliphatic heterocycles. The fourth-order valence-corrected chi connectivity index (χ4v) is 3.31. The maximum Gasteiger partial charge on any atom is 0.264 e. The van der Waals surface area contributed by atoms with Crippen molar-refractivity contribution < 1.29 is 13.2 Å². The summed E-state index contributed by atoms with van der Waals surface area (Å²) in [5.74, 6) is 0.0487. The second-order valence-electron chi connectivity index (χ2n) is 5.61. The molecule has 3 rings (SSSR count). The van der Waals surface area contributed by atoms with E-state index in [0.29, 0.717) is 25.1 Å². The number of rotatable bonds is 4. The van der Waals surface area contributed by atoms with Crippen LogP contribution < -0.4 is 15.4 Å². The molecule has 23 heavy (non-hydrogen) atoms. The molecule has 0 saturated heterocycles. The molecule has 8 nitrogen and oxygen atoms in total. The van der Waals surface area contributed by atoms with E-state index in [1.807, 2.05) is 0 Å². The zero-order chi connectivity index (χ0) is 16.4. The number of nitrogens with one attached hydrogen (secondary N) is 3. The van der Waals surface area contributed by atoms with Crippen molar-refractivity contribution in [2.75, 3.05) is 18.7 Å². The summed E-state index contributed by atoms with van der Waals surface area (Å²) in [4.78, 5) is 17.5. The van der Waals surface area contributed by atoms with Crippen molar-refractivity contribution in [2.24, 2.45) is 4.99 Å². The van der Waals surface area contributed by atoms with Crippen LogP contribution >= 0.6 is 0 Å². The lowest BCUT2D eigenvalue weighted by Crippen LogP contribution is -2.50. The second-order valence-corrected chi connectivity index (χ2v) is 7.30. The number of anilines is 1. The first kappa shape index (κ1) is 15.8. The van der Waals surface area contributed by atoms with Gasteiger partial charge in [0.15, 0.2) is 0 Å². The van der Waals surface area contributed by atoms with Gasteiger partial charge in [-0.1, -0.05) is 0 Å². The molecule has 124 valence electrons. The van der Waals surface area contributed by atoms with Gasteiger partial charge >= 0.3 is 0 Å². The molecule has 0 radical (unpaired) electrons. The van der Waals surface area contributed by atoms with Crippen LogP contribution in [0.1, 0.15) is 19.8 Å². The van der Waals surface area contributed by atoms with Crippen LogP contribution in [0.15, 0.2) is 34.2 Å². The third-order valence-corrected chi connectivity index (χ3v) is 4.99. The SMILES string of the molecule is CC(=O)Nc1ccc(S(=O)(=O)NC2=NCN(C3CC3)CN2)cc1. The molecule has 1 aromatic rings. The van der Waals surface area contributed by atoms with Crippen LogP contribution in [-0.2, 0) is 14.8 Å². The largest absolute Gasteiger partial charge is 0.343 e. The smallest absolute Gasteiger partial charge is 0.264 e. The quantitative estimate of drug-likeness (QED) is 0.731. The molecule has 3 N–H and O–H groups in total. The number of hydrogen-bond donors (Lipinski definition) is 3. The molecule has 1 aromatic carbocycles. The number of aliphatic imine (C=N–C) groups is 1. The first-order chi connectivity index (χ1) is 10.9. The monoisotopic (exact) mass is 337 g/mol. The van der Waals surface area contributed by atoms with E-state index in [1.165, 1.54) is 31.9 Å². The molecule has 1 heterocycles. The van der Waals surface area contributed by atoms with E-state index in [4.69, 9.17) is 0 Å². The van der Waals surface area contributed by atoms with Crippen LogP contribution in [0, 0.1) is 0 Å². The lowest BCUT2D eigenvalue weighted by molar-refractivity contribution is -0.114. The Morgan fingerprint density at radius 1 is 1.30 bits per heavy atom. The molecule has 2 aliphatic rings. The van der Waals surface area contributed by atoms with E-state index in [2.05, 4.69) is 25.2 Å². The zero-order valence-corrected chi connectivity index (χ0v) is 13.6. The predicted molar refractivity (Wildman–Crippen MR) is 86.2 cm³/mol. The molecule has 1 aliphatic carbocycles. The summed E-state index contributed by atoms with van der Waals surface area (Å²) in [6.45, 7) is 2.48. The summed E-state index contributed by atoms with van der Waals surface area (Å²) in [6.07, 6.45) is 2.36. The topological polar surface area (TPSA) is 103 Å². The Kier molecular flexibility index (Phi) is 4.22. The molecule has 0 spiro atoms. The Hall–Kier alpha value is -2.13. The number of guanidine groups is 1. The minimum Gasteiger partial charge on any atom is -0.343 e. The van der Waals surface area contributed by atoms with E-state index in [1.54, 1.807) is 12.1 Å². The lowest BCUT2D eigenvalue weighted by atomic mass is 10.3. The van der Waals surface area contributed by atoms with Crippen LogP contribution in [0.2, 0.25) is 0 Å². The second kappa shape index (κ2) is 6.17. The van der Waals surface area contributed by atoms with Gasteiger partial charge < -0.3 is 10.6 Å². The van der Waals surface area contributed by atoms with Crippen molar-refractivity contribution >= 4 is 27.6 Å². The zero-order valence-electron chi connectivity index (χ0n) is 12.7. The van der Waals surface area contributed by atoms with Crippen molar-refractivity contribution in [3.8, 4) is 0 Å². The van der Waals surface area contributed by atoms with Crippen LogP contribution in [0.3, 0.4) is 0 Å². The molecule has 0 atom stereocenters. The molecule has 9 heteroatoms. The Labute approximate surface area is 135 Å². The van der Waals surface area contributed by atoms with Crippen molar-refractivity contribution in [1.29, 1.82) is 0 Å². The Bertz CT molecular complexity index is 725. The van der Waals surface area contributed by atoms with E-state index in [-0.39, 0.29) is 16.8 Å². The number of hydrogen-bond acceptors (Lipinski definition) is 6. The van der Waals surface area contributed by atoms with Gasteiger partial charge in [-0.2, -0.15) is 0 Å². The third kappa shape index (κ3) is 3.99. The van der Waals surface area contributed by atoms with E-state index in [9.17, 15) is 13.2 Å². The van der Waals surface area contributed by atoms with Crippen molar-refractivity contribution in [2.45, 2.75) is 30.7 Å². The fraction of sp³-hybridized carbons (Fsp3) is 0.429. The number of carbonyl (C=O) groups excluding carboxylic acids is 1. The lowest BCUT2D eigenvalue weighted by Gasteiger charge is -2.26. The number of nitrogens with zero attached hydrogens (tertiary/aromatic N) is 2. The summed E-state index contributed by atoms with van der Waals surface area (Å²) in [6, 6.07) is 6.54. The third-order valence-electron chi connectivity index (χ3n) is 3.64. The maximum atomic E-state index is 12.3. The van der Waals surface area contributed by atoms with E-state index < -0.39 is 10.0 Å². The molecule has 1 fully saturated rings. The summed E-state index contributed by atoms with van der Waals surface area (Å²) in [5.41, 5.74) is 0.546. The molecule has 0 aromatic heterocycles. The molecule has 1 saturated carbocycles. The molecular weight excluding hydrogens is 318 g/mol. The predicted octanol–water partition coefficient (Wildman–Crippen LogP) is 0.262. The van der Waals surface area contributed by atoms with Crippen LogP contribution in [0.25, 0.3) is 0 Å². The molecular formula is C14H19N5O3S. The van der Waals surface area contributed by atoms with E-state index >= 15 is 0 Å². The van der Waals surface area contributed by atoms with Gasteiger partial charge in [0.1, 0.15) is 0 Å². The Morgan fingerprint density at radius 3 is 2.52 bits per heavy atom. The van der Waals surface area contributed by atoms with Gasteiger partial charge in [0.25, 0.3) is 10.0 Å². The average molecular weight is 337 g/mol. The number of carbonyl (C=O) groups is 1. The maximum absolute atomic E-state index is 12.3. The number of benzene rings is 1. The summed E-state index contributed by atoms with van der Waals surface area (Å²) in [7, 11) is -3.70. The Morgan fingerprint density at radius 2 is 2.00 bits per heavy atom. The average Bonchev–Trinajstić information content (AvgIpc) is 3.32. The van der Waals surface area contributed by atoms with Gasteiger partial charge in [0, 0.05) is 18.7 Å². The number of amides is 1. The van der Waals surface area contributed by atoms with Gasteiger partial charge in [-0.05, 0) is 37.1 Å². The van der Waals surface area contributed by atoms with Crippen LogP contribution in [0.5, 0.6) is 0 Å². The minimum atomic E-state index is -3.70. The highest BCUT2D eigenvalue weighted by Gasteiger charge is 2.30. The first-order valence-corrected chi connectivity index (χ1v) is 8.85. The van der Waals surface area contributed by atoms with Crippen molar-refractivity contribution in [3.05, 3.63) is 24.3 Å². The molecule has 1 amide bonds. The van der Waals surface area contributed by atoms with Gasteiger partial charge in [-0.15, -0.1) is 0 Å². The normalized spacial score (nSPS) is 18.7. The Balaban J connectivity index is 1.65. The van der Waals surface area contributed by atoms with Gasteiger partial charge in [0.05, 0.1) is 18.2 Å². The number of sulfonamides is 1. The summed E-state index contributed by atoms with van der Waals surface area (Å²) < 4.78 is 27.1. The fourth-order valence-electron chi connectivity index (χ4n) is 2.30. The minimum absolute atomic E-state index is 0.112. The van der Waals surface area contributed by atoms with Crippen LogP contribution in [0.4, 0.5) is 5.69 Å². The molecule has 0 bridgehead atoms. The first-order valence-electron chi connectivity index (χ1n) is 7.37. The standard InChI is InChI=1S/C14H19N5O3S/c1-10(20)17-11-2-6-13(7-3-11)23(21,22)18-14-15-8-19(9-16-14)12-4-5-12/h2-3,6-7,12H,4-5,8-9H2,1H3,(H,17,20)(H2,15,16,18). The van der Waals surface area contributed by atoms with Gasteiger partial charge in [-0.25, -0.2) is 18.1 Å². The summed E-state index contributed by atoms with van der Waals surface area (Å²) in [5, 5.41) is 5.57. The van der Waals surface area contributed by atoms with Crippen molar-refractivity contribution in [1.82, 2.24) is 14.9 Å². The highest BCUT2D eigenvalue weighted by atomic mass is 32.2.